The number of nitrogens with zero attached hydrogens (tertiary/aromatic N) is 3. The van der Waals surface area contributed by atoms with Crippen molar-refractivity contribution in [2.75, 3.05) is 11.9 Å². The van der Waals surface area contributed by atoms with E-state index < -0.39 is 5.91 Å². The van der Waals surface area contributed by atoms with E-state index in [9.17, 15) is 4.79 Å². The van der Waals surface area contributed by atoms with Crippen LogP contribution in [0, 0.1) is 11.3 Å². The minimum absolute atomic E-state index is 0.246. The lowest BCUT2D eigenvalue weighted by molar-refractivity contribution is 0.102. The molecular weight excluding hydrogens is 292 g/mol. The Bertz CT molecular complexity index is 724. The van der Waals surface area contributed by atoms with Gasteiger partial charge in [0, 0.05) is 24.1 Å². The molecule has 1 aliphatic heterocycles. The summed E-state index contributed by atoms with van der Waals surface area (Å²) < 4.78 is 7.07. The maximum Gasteiger partial charge on any atom is 0.276 e. The van der Waals surface area contributed by atoms with Crippen LogP contribution in [0.5, 0.6) is 5.88 Å². The van der Waals surface area contributed by atoms with Crippen molar-refractivity contribution >= 4 is 23.2 Å². The van der Waals surface area contributed by atoms with Gasteiger partial charge in [0.15, 0.2) is 5.69 Å². The number of nitrogens with one attached hydrogen (secondary N) is 1. The summed E-state index contributed by atoms with van der Waals surface area (Å²) >= 11 is 5.89. The standard InChI is InChI=1S/C14H11ClN4O2/c15-10-3-2-9(8-16)11(6-10)17-14(20)12-7-13-19(18-12)4-1-5-21-13/h2-3,6-7H,1,4-5H2,(H,17,20). The molecule has 0 saturated heterocycles. The maximum atomic E-state index is 12.2. The third-order valence-corrected chi connectivity index (χ3v) is 3.33. The van der Waals surface area contributed by atoms with Crippen molar-refractivity contribution in [1.29, 1.82) is 5.26 Å². The summed E-state index contributed by atoms with van der Waals surface area (Å²) in [7, 11) is 0. The minimum atomic E-state index is -0.403. The smallest absolute Gasteiger partial charge is 0.276 e. The zero-order valence-electron chi connectivity index (χ0n) is 11.0. The summed E-state index contributed by atoms with van der Waals surface area (Å²) in [6, 6.07) is 8.28. The molecule has 0 atom stereocenters. The lowest BCUT2D eigenvalue weighted by Gasteiger charge is -2.13. The lowest BCUT2D eigenvalue weighted by Crippen LogP contribution is -2.16. The Kier molecular flexibility index (Phi) is 3.50. The molecule has 0 spiro atoms. The molecule has 3 rings (SSSR count). The SMILES string of the molecule is N#Cc1ccc(Cl)cc1NC(=O)c1cc2n(n1)CCCO2. The van der Waals surface area contributed by atoms with Crippen LogP contribution >= 0.6 is 11.6 Å². The van der Waals surface area contributed by atoms with Gasteiger partial charge in [0.2, 0.25) is 5.88 Å². The molecule has 6 nitrogen and oxygen atoms in total. The fourth-order valence-electron chi connectivity index (χ4n) is 2.08. The van der Waals surface area contributed by atoms with Crippen LogP contribution in [0.4, 0.5) is 5.69 Å². The van der Waals surface area contributed by atoms with E-state index in [1.54, 1.807) is 22.9 Å². The molecule has 1 amide bonds. The minimum Gasteiger partial charge on any atom is -0.478 e. The van der Waals surface area contributed by atoms with Crippen LogP contribution in [0.1, 0.15) is 22.5 Å². The van der Waals surface area contributed by atoms with Crippen molar-refractivity contribution in [3.8, 4) is 11.9 Å². The number of hydrogen-bond acceptors (Lipinski definition) is 4. The number of carbonyl (C=O) groups is 1. The summed E-state index contributed by atoms with van der Waals surface area (Å²) in [5.74, 6) is 0.178. The zero-order valence-corrected chi connectivity index (χ0v) is 11.7. The van der Waals surface area contributed by atoms with Crippen molar-refractivity contribution in [3.63, 3.8) is 0 Å². The number of carbonyl (C=O) groups excluding carboxylic acids is 1. The van der Waals surface area contributed by atoms with Crippen molar-refractivity contribution < 1.29 is 9.53 Å². The Morgan fingerprint density at radius 2 is 2.33 bits per heavy atom. The molecular formula is C14H11ClN4O2. The largest absolute Gasteiger partial charge is 0.478 e. The second kappa shape index (κ2) is 5.46. The molecule has 106 valence electrons. The summed E-state index contributed by atoms with van der Waals surface area (Å²) in [5.41, 5.74) is 0.950. The molecule has 0 aliphatic carbocycles. The van der Waals surface area contributed by atoms with Crippen LogP contribution < -0.4 is 10.1 Å². The Morgan fingerprint density at radius 1 is 1.48 bits per heavy atom. The van der Waals surface area contributed by atoms with Gasteiger partial charge in [-0.05, 0) is 18.2 Å². The Morgan fingerprint density at radius 3 is 3.10 bits per heavy atom. The Labute approximate surface area is 125 Å². The van der Waals surface area contributed by atoms with Crippen molar-refractivity contribution in [3.05, 3.63) is 40.5 Å². The summed E-state index contributed by atoms with van der Waals surface area (Å²) in [6.07, 6.45) is 0.864. The van der Waals surface area contributed by atoms with Crippen molar-refractivity contribution in [2.24, 2.45) is 0 Å². The van der Waals surface area contributed by atoms with Gasteiger partial charge in [0.05, 0.1) is 17.9 Å². The highest BCUT2D eigenvalue weighted by atomic mass is 35.5. The van der Waals surface area contributed by atoms with Gasteiger partial charge in [-0.25, -0.2) is 4.68 Å². The average Bonchev–Trinajstić information content (AvgIpc) is 2.91. The number of aryl methyl sites for hydroxylation is 1. The number of aromatic nitrogens is 2. The Hall–Kier alpha value is -2.52. The molecule has 2 aromatic rings. The normalized spacial score (nSPS) is 13.0. The first kappa shape index (κ1) is 13.5. The number of anilines is 1. The molecule has 2 heterocycles. The molecule has 1 aromatic carbocycles. The third kappa shape index (κ3) is 2.69. The molecule has 0 radical (unpaired) electrons. The molecule has 0 saturated carbocycles. The van der Waals surface area contributed by atoms with Crippen LogP contribution in [-0.4, -0.2) is 22.3 Å². The van der Waals surface area contributed by atoms with Crippen LogP contribution in [-0.2, 0) is 6.54 Å². The van der Waals surface area contributed by atoms with Crippen LogP contribution in [0.15, 0.2) is 24.3 Å². The number of hydrogen-bond donors (Lipinski definition) is 1. The van der Waals surface area contributed by atoms with Gasteiger partial charge in [-0.15, -0.1) is 0 Å². The summed E-state index contributed by atoms with van der Waals surface area (Å²) in [5, 5.41) is 16.3. The molecule has 1 aromatic heterocycles. The molecule has 0 fully saturated rings. The fourth-order valence-corrected chi connectivity index (χ4v) is 2.25. The van der Waals surface area contributed by atoms with Crippen LogP contribution in [0.25, 0.3) is 0 Å². The number of halogens is 1. The number of amides is 1. The van der Waals surface area contributed by atoms with Crippen LogP contribution in [0.3, 0.4) is 0 Å². The Balaban J connectivity index is 1.85. The van der Waals surface area contributed by atoms with Gasteiger partial charge in [0.25, 0.3) is 5.91 Å². The number of benzene rings is 1. The van der Waals surface area contributed by atoms with E-state index in [2.05, 4.69) is 10.4 Å². The first-order valence-corrected chi connectivity index (χ1v) is 6.77. The molecule has 21 heavy (non-hydrogen) atoms. The van der Waals surface area contributed by atoms with Gasteiger partial charge in [-0.1, -0.05) is 11.6 Å². The van der Waals surface area contributed by atoms with E-state index in [4.69, 9.17) is 21.6 Å². The molecule has 1 N–H and O–H groups in total. The van der Waals surface area contributed by atoms with Gasteiger partial charge in [-0.2, -0.15) is 10.4 Å². The maximum absolute atomic E-state index is 12.2. The predicted octanol–water partition coefficient (Wildman–Crippen LogP) is 2.44. The second-order valence-electron chi connectivity index (χ2n) is 4.55. The highest BCUT2D eigenvalue weighted by Crippen LogP contribution is 2.22. The van der Waals surface area contributed by atoms with Gasteiger partial charge in [0.1, 0.15) is 6.07 Å². The summed E-state index contributed by atoms with van der Waals surface area (Å²) in [4.78, 5) is 12.2. The van der Waals surface area contributed by atoms with Gasteiger partial charge >= 0.3 is 0 Å². The summed E-state index contributed by atoms with van der Waals surface area (Å²) in [6.45, 7) is 1.35. The first-order chi connectivity index (χ1) is 10.2. The predicted molar refractivity (Wildman–Crippen MR) is 76.5 cm³/mol. The van der Waals surface area contributed by atoms with E-state index in [1.807, 2.05) is 6.07 Å². The molecule has 7 heteroatoms. The van der Waals surface area contributed by atoms with E-state index in [1.165, 1.54) is 6.07 Å². The van der Waals surface area contributed by atoms with E-state index >= 15 is 0 Å². The second-order valence-corrected chi connectivity index (χ2v) is 4.99. The van der Waals surface area contributed by atoms with Crippen molar-refractivity contribution in [2.45, 2.75) is 13.0 Å². The molecule has 0 bridgehead atoms. The van der Waals surface area contributed by atoms with Gasteiger partial charge in [-0.3, -0.25) is 4.79 Å². The number of fused-ring (bicyclic) bond motifs is 1. The molecule has 1 aliphatic rings. The van der Waals surface area contributed by atoms with Crippen LogP contribution in [0.2, 0.25) is 5.02 Å². The number of ether oxygens (including phenoxy) is 1. The van der Waals surface area contributed by atoms with Gasteiger partial charge < -0.3 is 10.1 Å². The number of rotatable bonds is 2. The zero-order chi connectivity index (χ0) is 14.8. The average molecular weight is 303 g/mol. The number of nitriles is 1. The fraction of sp³-hybridized carbons (Fsp3) is 0.214. The van der Waals surface area contributed by atoms with E-state index in [0.717, 1.165) is 13.0 Å². The highest BCUT2D eigenvalue weighted by Gasteiger charge is 2.18. The quantitative estimate of drug-likeness (QED) is 0.924. The highest BCUT2D eigenvalue weighted by molar-refractivity contribution is 6.31. The topological polar surface area (TPSA) is 79.9 Å². The lowest BCUT2D eigenvalue weighted by atomic mass is 10.2. The van der Waals surface area contributed by atoms with E-state index in [0.29, 0.717) is 28.8 Å². The third-order valence-electron chi connectivity index (χ3n) is 3.09. The molecule has 0 unspecified atom stereocenters. The first-order valence-electron chi connectivity index (χ1n) is 6.39. The van der Waals surface area contributed by atoms with E-state index in [-0.39, 0.29) is 5.69 Å². The monoisotopic (exact) mass is 302 g/mol. The van der Waals surface area contributed by atoms with Crippen molar-refractivity contribution in [1.82, 2.24) is 9.78 Å².